The molecule has 44 heavy (non-hydrogen) atoms. The lowest BCUT2D eigenvalue weighted by atomic mass is 9.98. The lowest BCUT2D eigenvalue weighted by Crippen LogP contribution is -2.58. The first-order chi connectivity index (χ1) is 20.9. The molecular formula is C34H39N3O7. The Morgan fingerprint density at radius 1 is 0.841 bits per heavy atom. The van der Waals surface area contributed by atoms with E-state index >= 15 is 0 Å². The van der Waals surface area contributed by atoms with E-state index in [4.69, 9.17) is 9.47 Å². The SMILES string of the molecule is C[C@@H](OC(C)(C)C)[C@H](NC(=O)CNC(=O)OCC1c2ccccc2-c2ccccc21)C(=O)N[C@@H](Cc1ccccc1)C(=O)O. The molecule has 1 aliphatic rings. The largest absolute Gasteiger partial charge is 0.480 e. The average molecular weight is 602 g/mol. The van der Waals surface area contributed by atoms with Crippen molar-refractivity contribution in [1.29, 1.82) is 0 Å². The molecule has 3 aromatic carbocycles. The van der Waals surface area contributed by atoms with Crippen molar-refractivity contribution in [2.45, 2.75) is 63.8 Å². The molecule has 1 aliphatic carbocycles. The van der Waals surface area contributed by atoms with E-state index in [1.165, 1.54) is 0 Å². The van der Waals surface area contributed by atoms with Crippen LogP contribution in [-0.4, -0.2) is 65.9 Å². The van der Waals surface area contributed by atoms with E-state index < -0.39 is 54.2 Å². The molecule has 0 unspecified atom stereocenters. The van der Waals surface area contributed by atoms with Crippen LogP contribution in [-0.2, 0) is 30.3 Å². The van der Waals surface area contributed by atoms with Gasteiger partial charge in [-0.15, -0.1) is 0 Å². The van der Waals surface area contributed by atoms with Gasteiger partial charge in [-0.2, -0.15) is 0 Å². The molecule has 0 saturated heterocycles. The summed E-state index contributed by atoms with van der Waals surface area (Å²) in [6, 6.07) is 22.4. The summed E-state index contributed by atoms with van der Waals surface area (Å²) in [7, 11) is 0. The molecule has 0 aliphatic heterocycles. The highest BCUT2D eigenvalue weighted by molar-refractivity contribution is 5.92. The van der Waals surface area contributed by atoms with Crippen LogP contribution in [0.1, 0.15) is 50.3 Å². The summed E-state index contributed by atoms with van der Waals surface area (Å²) in [6.45, 7) is 6.63. The molecule has 0 saturated carbocycles. The molecule has 4 rings (SSSR count). The first kappa shape index (κ1) is 32.2. The number of carbonyl (C=O) groups excluding carboxylic acids is 3. The van der Waals surface area contributed by atoms with Crippen molar-refractivity contribution in [3.63, 3.8) is 0 Å². The van der Waals surface area contributed by atoms with Crippen LogP contribution in [0.2, 0.25) is 0 Å². The third kappa shape index (κ3) is 8.44. The summed E-state index contributed by atoms with van der Waals surface area (Å²) in [5.41, 5.74) is 4.40. The van der Waals surface area contributed by atoms with Gasteiger partial charge in [-0.25, -0.2) is 9.59 Å². The number of rotatable bonds is 12. The maximum Gasteiger partial charge on any atom is 0.407 e. The van der Waals surface area contributed by atoms with E-state index in [1.54, 1.807) is 52.0 Å². The molecular weight excluding hydrogens is 562 g/mol. The molecule has 0 heterocycles. The van der Waals surface area contributed by atoms with E-state index in [0.717, 1.165) is 27.8 Å². The van der Waals surface area contributed by atoms with Gasteiger partial charge >= 0.3 is 12.1 Å². The van der Waals surface area contributed by atoms with Gasteiger partial charge in [-0.3, -0.25) is 9.59 Å². The molecule has 10 nitrogen and oxygen atoms in total. The molecule has 10 heteroatoms. The highest BCUT2D eigenvalue weighted by Gasteiger charge is 2.34. The number of alkyl carbamates (subject to hydrolysis) is 1. The minimum Gasteiger partial charge on any atom is -0.480 e. The monoisotopic (exact) mass is 601 g/mol. The van der Waals surface area contributed by atoms with Crippen molar-refractivity contribution in [2.75, 3.05) is 13.2 Å². The van der Waals surface area contributed by atoms with Crippen LogP contribution in [0.5, 0.6) is 0 Å². The zero-order valence-corrected chi connectivity index (χ0v) is 25.3. The van der Waals surface area contributed by atoms with E-state index in [0.29, 0.717) is 0 Å². The fourth-order valence-corrected chi connectivity index (χ4v) is 5.36. The molecule has 0 radical (unpaired) electrons. The van der Waals surface area contributed by atoms with Gasteiger partial charge in [0, 0.05) is 12.3 Å². The highest BCUT2D eigenvalue weighted by Crippen LogP contribution is 2.44. The lowest BCUT2D eigenvalue weighted by Gasteiger charge is -2.31. The number of carboxylic acids is 1. The van der Waals surface area contributed by atoms with Crippen LogP contribution in [0.3, 0.4) is 0 Å². The molecule has 0 fully saturated rings. The van der Waals surface area contributed by atoms with Crippen LogP contribution in [0, 0.1) is 0 Å². The van der Waals surface area contributed by atoms with E-state index in [9.17, 15) is 24.3 Å². The Labute approximate surface area is 257 Å². The summed E-state index contributed by atoms with van der Waals surface area (Å²) >= 11 is 0. The predicted molar refractivity (Wildman–Crippen MR) is 165 cm³/mol. The minimum absolute atomic E-state index is 0.0560. The number of carboxylic acid groups (broad SMARTS) is 1. The van der Waals surface area contributed by atoms with Crippen molar-refractivity contribution >= 4 is 23.9 Å². The Bertz CT molecular complexity index is 1440. The summed E-state index contributed by atoms with van der Waals surface area (Å²) in [5.74, 6) is -2.74. The number of nitrogens with one attached hydrogen (secondary N) is 3. The van der Waals surface area contributed by atoms with Gasteiger partial charge in [-0.1, -0.05) is 78.9 Å². The summed E-state index contributed by atoms with van der Waals surface area (Å²) < 4.78 is 11.4. The van der Waals surface area contributed by atoms with Gasteiger partial charge in [0.15, 0.2) is 0 Å². The Morgan fingerprint density at radius 3 is 1.98 bits per heavy atom. The second-order valence-electron chi connectivity index (χ2n) is 11.7. The number of hydrogen-bond acceptors (Lipinski definition) is 6. The number of ether oxygens (including phenoxy) is 2. The van der Waals surface area contributed by atoms with Gasteiger partial charge in [0.1, 0.15) is 25.2 Å². The number of amides is 3. The zero-order chi connectivity index (χ0) is 31.9. The van der Waals surface area contributed by atoms with Gasteiger partial charge < -0.3 is 30.5 Å². The standard InChI is InChI=1S/C34H39N3O7/c1-21(44-34(2,3)4)30(31(39)36-28(32(40)41)18-22-12-6-5-7-13-22)37-29(38)19-35-33(42)43-20-27-25-16-10-8-14-23(25)24-15-9-11-17-26(24)27/h5-17,21,27-28,30H,18-20H2,1-4H3,(H,35,42)(H,36,39)(H,37,38)(H,40,41)/t21-,28+,30+/m1/s1. The van der Waals surface area contributed by atoms with Gasteiger partial charge in [-0.05, 0) is 55.5 Å². The van der Waals surface area contributed by atoms with Crippen molar-refractivity contribution in [3.05, 3.63) is 95.6 Å². The Balaban J connectivity index is 1.35. The first-order valence-electron chi connectivity index (χ1n) is 14.6. The molecule has 0 aromatic heterocycles. The fraction of sp³-hybridized carbons (Fsp3) is 0.353. The second kappa shape index (κ2) is 14.2. The van der Waals surface area contributed by atoms with Crippen LogP contribution >= 0.6 is 0 Å². The minimum atomic E-state index is -1.23. The van der Waals surface area contributed by atoms with Crippen molar-refractivity contribution in [2.24, 2.45) is 0 Å². The summed E-state index contributed by atoms with van der Waals surface area (Å²) in [5, 5.41) is 17.3. The summed E-state index contributed by atoms with van der Waals surface area (Å²) in [4.78, 5) is 50.8. The number of aliphatic carboxylic acids is 1. The van der Waals surface area contributed by atoms with Crippen LogP contribution in [0.4, 0.5) is 4.79 Å². The number of fused-ring (bicyclic) bond motifs is 3. The summed E-state index contributed by atoms with van der Waals surface area (Å²) in [6.07, 6.45) is -1.55. The van der Waals surface area contributed by atoms with Gasteiger partial charge in [0.2, 0.25) is 11.8 Å². The maximum atomic E-state index is 13.3. The van der Waals surface area contributed by atoms with Crippen molar-refractivity contribution < 1.29 is 33.8 Å². The van der Waals surface area contributed by atoms with Gasteiger partial charge in [0.25, 0.3) is 0 Å². The molecule has 3 amide bonds. The van der Waals surface area contributed by atoms with Crippen LogP contribution in [0.25, 0.3) is 11.1 Å². The number of hydrogen-bond donors (Lipinski definition) is 4. The molecule has 0 bridgehead atoms. The van der Waals surface area contributed by atoms with Crippen LogP contribution < -0.4 is 16.0 Å². The number of carbonyl (C=O) groups is 4. The lowest BCUT2D eigenvalue weighted by molar-refractivity contribution is -0.144. The second-order valence-corrected chi connectivity index (χ2v) is 11.7. The van der Waals surface area contributed by atoms with Gasteiger partial charge in [0.05, 0.1) is 11.7 Å². The Kier molecular flexibility index (Phi) is 10.4. The quantitative estimate of drug-likeness (QED) is 0.246. The zero-order valence-electron chi connectivity index (χ0n) is 25.3. The molecule has 3 atom stereocenters. The Hall–Kier alpha value is -4.70. The highest BCUT2D eigenvalue weighted by atomic mass is 16.5. The van der Waals surface area contributed by atoms with Crippen molar-refractivity contribution in [3.8, 4) is 11.1 Å². The third-order valence-electron chi connectivity index (χ3n) is 7.24. The number of benzene rings is 3. The maximum absolute atomic E-state index is 13.3. The molecule has 3 aromatic rings. The van der Waals surface area contributed by atoms with Crippen molar-refractivity contribution in [1.82, 2.24) is 16.0 Å². The molecule has 4 N–H and O–H groups in total. The fourth-order valence-electron chi connectivity index (χ4n) is 5.36. The predicted octanol–water partition coefficient (Wildman–Crippen LogP) is 4.03. The molecule has 232 valence electrons. The topological polar surface area (TPSA) is 143 Å². The molecule has 0 spiro atoms. The third-order valence-corrected chi connectivity index (χ3v) is 7.24. The average Bonchev–Trinajstić information content (AvgIpc) is 3.30. The Morgan fingerprint density at radius 2 is 1.41 bits per heavy atom. The van der Waals surface area contributed by atoms with E-state index in [-0.39, 0.29) is 18.9 Å². The van der Waals surface area contributed by atoms with E-state index in [2.05, 4.69) is 16.0 Å². The smallest absolute Gasteiger partial charge is 0.407 e. The van der Waals surface area contributed by atoms with E-state index in [1.807, 2.05) is 54.6 Å². The first-order valence-corrected chi connectivity index (χ1v) is 14.6. The normalized spacial score (nSPS) is 14.4. The van der Waals surface area contributed by atoms with Crippen LogP contribution in [0.15, 0.2) is 78.9 Å².